The maximum absolute atomic E-state index is 4.91. The number of likely N-dealkylation sites (tertiary alicyclic amines) is 1. The number of fused-ring (bicyclic) bond motifs is 1. The summed E-state index contributed by atoms with van der Waals surface area (Å²) in [6, 6.07) is 4.72. The predicted molar refractivity (Wildman–Crippen MR) is 86.5 cm³/mol. The van der Waals surface area contributed by atoms with Crippen LogP contribution in [0.4, 0.5) is 0 Å². The van der Waals surface area contributed by atoms with Gasteiger partial charge in [-0.3, -0.25) is 0 Å². The number of rotatable bonds is 4. The van der Waals surface area contributed by atoms with E-state index < -0.39 is 0 Å². The number of nitrogens with zero attached hydrogens (tertiary/aromatic N) is 4. The maximum Gasteiger partial charge on any atom is 0.159 e. The number of hydrogen-bond donors (Lipinski definition) is 0. The van der Waals surface area contributed by atoms with Gasteiger partial charge in [-0.05, 0) is 58.3 Å². The lowest BCUT2D eigenvalue weighted by molar-refractivity contribution is 0.168. The molecule has 4 heteroatoms. The summed E-state index contributed by atoms with van der Waals surface area (Å²) in [4.78, 5) is 12.0. The molecule has 0 radical (unpaired) electrons. The molecule has 0 amide bonds. The molecule has 2 aromatic heterocycles. The van der Waals surface area contributed by atoms with Crippen molar-refractivity contribution in [3.8, 4) is 0 Å². The van der Waals surface area contributed by atoms with Gasteiger partial charge < -0.3 is 9.47 Å². The Balaban J connectivity index is 1.88. The Kier molecular flexibility index (Phi) is 4.24. The molecule has 3 heterocycles. The van der Waals surface area contributed by atoms with Crippen molar-refractivity contribution in [1.29, 1.82) is 0 Å². The number of aryl methyl sites for hydroxylation is 1. The minimum Gasteiger partial charge on any atom is -0.312 e. The Bertz CT molecular complexity index is 594. The highest BCUT2D eigenvalue weighted by molar-refractivity contribution is 5.71. The van der Waals surface area contributed by atoms with Crippen LogP contribution in [0, 0.1) is 0 Å². The molecule has 0 N–H and O–H groups in total. The molecule has 0 aliphatic carbocycles. The van der Waals surface area contributed by atoms with E-state index >= 15 is 0 Å². The Morgan fingerprint density at radius 1 is 1.29 bits per heavy atom. The first-order valence-electron chi connectivity index (χ1n) is 8.26. The van der Waals surface area contributed by atoms with Gasteiger partial charge in [-0.1, -0.05) is 6.92 Å². The van der Waals surface area contributed by atoms with Crippen LogP contribution in [0.2, 0.25) is 0 Å². The molecule has 1 aliphatic heterocycles. The second kappa shape index (κ2) is 6.14. The third-order valence-electron chi connectivity index (χ3n) is 4.61. The van der Waals surface area contributed by atoms with E-state index in [0.717, 1.165) is 24.1 Å². The molecule has 0 aromatic carbocycles. The highest BCUT2D eigenvalue weighted by Gasteiger charge is 2.26. The van der Waals surface area contributed by atoms with Gasteiger partial charge in [0.15, 0.2) is 5.65 Å². The zero-order valence-electron chi connectivity index (χ0n) is 13.4. The van der Waals surface area contributed by atoms with Gasteiger partial charge in [-0.25, -0.2) is 9.97 Å². The molecule has 0 saturated carbocycles. The van der Waals surface area contributed by atoms with E-state index in [9.17, 15) is 0 Å². The van der Waals surface area contributed by atoms with E-state index in [0.29, 0.717) is 12.0 Å². The Hall–Kier alpha value is -1.42. The van der Waals surface area contributed by atoms with E-state index in [4.69, 9.17) is 4.98 Å². The fourth-order valence-corrected chi connectivity index (χ4v) is 3.41. The highest BCUT2D eigenvalue weighted by atomic mass is 15.2. The van der Waals surface area contributed by atoms with Crippen LogP contribution in [0.1, 0.15) is 51.8 Å². The molecular weight excluding hydrogens is 260 g/mol. The van der Waals surface area contributed by atoms with Gasteiger partial charge >= 0.3 is 0 Å². The molecule has 21 heavy (non-hydrogen) atoms. The third kappa shape index (κ3) is 2.82. The first-order valence-corrected chi connectivity index (χ1v) is 8.26. The molecule has 114 valence electrons. The Morgan fingerprint density at radius 2 is 2.05 bits per heavy atom. The maximum atomic E-state index is 4.91. The molecule has 1 saturated heterocycles. The van der Waals surface area contributed by atoms with Crippen LogP contribution in [0.15, 0.2) is 18.3 Å². The lowest BCUT2D eigenvalue weighted by Crippen LogP contribution is -2.38. The number of pyridine rings is 1. The van der Waals surface area contributed by atoms with Gasteiger partial charge in [0, 0.05) is 24.7 Å². The molecule has 0 unspecified atom stereocenters. The molecule has 0 spiro atoms. The van der Waals surface area contributed by atoms with Gasteiger partial charge in [0.1, 0.15) is 11.3 Å². The summed E-state index contributed by atoms with van der Waals surface area (Å²) in [7, 11) is 0. The third-order valence-corrected chi connectivity index (χ3v) is 4.61. The normalized spacial score (nSPS) is 17.9. The second-order valence-electron chi connectivity index (χ2n) is 6.37. The fourth-order valence-electron chi connectivity index (χ4n) is 3.41. The average molecular weight is 286 g/mol. The minimum atomic E-state index is 0.584. The summed E-state index contributed by atoms with van der Waals surface area (Å²) in [5.41, 5.74) is 2.10. The van der Waals surface area contributed by atoms with Crippen molar-refractivity contribution in [1.82, 2.24) is 19.4 Å². The van der Waals surface area contributed by atoms with Gasteiger partial charge in [0.25, 0.3) is 0 Å². The smallest absolute Gasteiger partial charge is 0.159 e. The highest BCUT2D eigenvalue weighted by Crippen LogP contribution is 2.30. The molecule has 4 nitrogen and oxygen atoms in total. The van der Waals surface area contributed by atoms with E-state index in [2.05, 4.69) is 41.3 Å². The number of imidazole rings is 1. The molecule has 2 aromatic rings. The standard InChI is InChI=1S/C17H26N4/c1-4-10-21-16(19-15-6-5-9-18-17(15)21)14-7-11-20(12-8-14)13(2)3/h5-6,9,13-14H,4,7-8,10-12H2,1-3H3. The van der Waals surface area contributed by atoms with Crippen molar-refractivity contribution in [3.63, 3.8) is 0 Å². The lowest BCUT2D eigenvalue weighted by atomic mass is 9.95. The minimum absolute atomic E-state index is 0.584. The zero-order chi connectivity index (χ0) is 14.8. The van der Waals surface area contributed by atoms with Gasteiger partial charge in [0.2, 0.25) is 0 Å². The quantitative estimate of drug-likeness (QED) is 0.863. The van der Waals surface area contributed by atoms with Crippen LogP contribution in [-0.2, 0) is 6.54 Å². The molecule has 1 aliphatic rings. The van der Waals surface area contributed by atoms with E-state index in [-0.39, 0.29) is 0 Å². The Morgan fingerprint density at radius 3 is 2.71 bits per heavy atom. The van der Waals surface area contributed by atoms with Crippen LogP contribution in [-0.4, -0.2) is 38.6 Å². The van der Waals surface area contributed by atoms with Gasteiger partial charge in [-0.2, -0.15) is 0 Å². The van der Waals surface area contributed by atoms with Crippen LogP contribution in [0.25, 0.3) is 11.2 Å². The second-order valence-corrected chi connectivity index (χ2v) is 6.37. The lowest BCUT2D eigenvalue weighted by Gasteiger charge is -2.34. The van der Waals surface area contributed by atoms with Crippen LogP contribution >= 0.6 is 0 Å². The summed E-state index contributed by atoms with van der Waals surface area (Å²) < 4.78 is 2.35. The van der Waals surface area contributed by atoms with Crippen molar-refractivity contribution in [2.24, 2.45) is 0 Å². The number of aromatic nitrogens is 3. The molecule has 0 atom stereocenters. The monoisotopic (exact) mass is 286 g/mol. The van der Waals surface area contributed by atoms with Crippen molar-refractivity contribution >= 4 is 11.2 Å². The van der Waals surface area contributed by atoms with E-state index in [1.165, 1.54) is 31.8 Å². The van der Waals surface area contributed by atoms with Crippen molar-refractivity contribution in [3.05, 3.63) is 24.2 Å². The van der Waals surface area contributed by atoms with Crippen LogP contribution in [0.5, 0.6) is 0 Å². The summed E-state index contributed by atoms with van der Waals surface area (Å²) in [5.74, 6) is 1.84. The molecular formula is C17H26N4. The summed E-state index contributed by atoms with van der Waals surface area (Å²) in [5, 5.41) is 0. The van der Waals surface area contributed by atoms with E-state index in [1.54, 1.807) is 0 Å². The summed E-state index contributed by atoms with van der Waals surface area (Å²) in [6.45, 7) is 10.2. The predicted octanol–water partition coefficient (Wildman–Crippen LogP) is 3.43. The molecule has 3 rings (SSSR count). The van der Waals surface area contributed by atoms with Gasteiger partial charge in [-0.15, -0.1) is 0 Å². The average Bonchev–Trinajstić information content (AvgIpc) is 2.87. The summed E-state index contributed by atoms with van der Waals surface area (Å²) >= 11 is 0. The first kappa shape index (κ1) is 14.5. The summed E-state index contributed by atoms with van der Waals surface area (Å²) in [6.07, 6.45) is 5.43. The fraction of sp³-hybridized carbons (Fsp3) is 0.647. The number of hydrogen-bond acceptors (Lipinski definition) is 3. The van der Waals surface area contributed by atoms with E-state index in [1.807, 2.05) is 12.3 Å². The SMILES string of the molecule is CCCn1c(C2CCN(C(C)C)CC2)nc2cccnc21. The number of piperidine rings is 1. The van der Waals surface area contributed by atoms with Crippen molar-refractivity contribution in [2.45, 2.75) is 58.5 Å². The first-order chi connectivity index (χ1) is 10.2. The Labute approximate surface area is 127 Å². The van der Waals surface area contributed by atoms with Crippen molar-refractivity contribution < 1.29 is 0 Å². The topological polar surface area (TPSA) is 34.0 Å². The largest absolute Gasteiger partial charge is 0.312 e. The van der Waals surface area contributed by atoms with Crippen LogP contribution in [0.3, 0.4) is 0 Å². The molecule has 1 fully saturated rings. The zero-order valence-corrected chi connectivity index (χ0v) is 13.4. The van der Waals surface area contributed by atoms with Crippen LogP contribution < -0.4 is 0 Å². The van der Waals surface area contributed by atoms with Crippen molar-refractivity contribution in [2.75, 3.05) is 13.1 Å². The molecule has 0 bridgehead atoms. The van der Waals surface area contributed by atoms with Gasteiger partial charge in [0.05, 0.1) is 0 Å².